The highest BCUT2D eigenvalue weighted by Gasteiger charge is 2.60. The SMILES string of the molecule is CCC1(C(=O)OCC(C)C)C=CCCC1(CC)C(=O)OCC(C)C. The summed E-state index contributed by atoms with van der Waals surface area (Å²) < 4.78 is 11.2. The zero-order chi connectivity index (χ0) is 18.4. The standard InChI is InChI=1S/C20H34O4/c1-7-19(17(21)23-13-15(3)4)11-9-10-12-20(19,8-2)18(22)24-14-16(5)6/h9,11,15-16H,7-8,10,12-14H2,1-6H3. The van der Waals surface area contributed by atoms with Crippen LogP contribution in [0.1, 0.15) is 67.2 Å². The van der Waals surface area contributed by atoms with Crippen LogP contribution in [0.3, 0.4) is 0 Å². The number of allylic oxidation sites excluding steroid dienone is 1. The normalized spacial score (nSPS) is 26.7. The van der Waals surface area contributed by atoms with Gasteiger partial charge in [-0.2, -0.15) is 0 Å². The maximum Gasteiger partial charge on any atom is 0.317 e. The zero-order valence-corrected chi connectivity index (χ0v) is 16.2. The van der Waals surface area contributed by atoms with Crippen molar-refractivity contribution < 1.29 is 19.1 Å². The summed E-state index contributed by atoms with van der Waals surface area (Å²) >= 11 is 0. The van der Waals surface area contributed by atoms with Crippen molar-refractivity contribution >= 4 is 11.9 Å². The molecular weight excluding hydrogens is 304 g/mol. The van der Waals surface area contributed by atoms with Gasteiger partial charge in [0.2, 0.25) is 0 Å². The minimum absolute atomic E-state index is 0.258. The van der Waals surface area contributed by atoms with Gasteiger partial charge in [-0.1, -0.05) is 53.7 Å². The third-order valence-electron chi connectivity index (χ3n) is 5.01. The van der Waals surface area contributed by atoms with Crippen molar-refractivity contribution in [1.29, 1.82) is 0 Å². The summed E-state index contributed by atoms with van der Waals surface area (Å²) in [6.07, 6.45) is 6.42. The third-order valence-corrected chi connectivity index (χ3v) is 5.01. The number of esters is 2. The number of ether oxygens (including phenoxy) is 2. The smallest absolute Gasteiger partial charge is 0.317 e. The monoisotopic (exact) mass is 338 g/mol. The molecule has 1 rings (SSSR count). The maximum absolute atomic E-state index is 13.0. The molecule has 2 unspecified atom stereocenters. The summed E-state index contributed by atoms with van der Waals surface area (Å²) in [5, 5.41) is 0. The van der Waals surface area contributed by atoms with Crippen molar-refractivity contribution in [2.75, 3.05) is 13.2 Å². The molecule has 4 heteroatoms. The van der Waals surface area contributed by atoms with E-state index in [9.17, 15) is 9.59 Å². The van der Waals surface area contributed by atoms with Gasteiger partial charge < -0.3 is 9.47 Å². The average Bonchev–Trinajstić information content (AvgIpc) is 2.56. The van der Waals surface area contributed by atoms with Crippen LogP contribution in [0.5, 0.6) is 0 Å². The lowest BCUT2D eigenvalue weighted by atomic mass is 9.56. The van der Waals surface area contributed by atoms with Gasteiger partial charge in [0.1, 0.15) is 5.41 Å². The fraction of sp³-hybridized carbons (Fsp3) is 0.800. The number of rotatable bonds is 8. The lowest BCUT2D eigenvalue weighted by molar-refractivity contribution is -0.181. The maximum atomic E-state index is 13.0. The number of hydrogen-bond donors (Lipinski definition) is 0. The Bertz CT molecular complexity index is 466. The average molecular weight is 338 g/mol. The highest BCUT2D eigenvalue weighted by Crippen LogP contribution is 2.53. The Labute approximate surface area is 147 Å². The molecule has 0 heterocycles. The van der Waals surface area contributed by atoms with Gasteiger partial charge in [-0.05, 0) is 37.5 Å². The molecule has 0 aromatic rings. The van der Waals surface area contributed by atoms with E-state index in [1.165, 1.54) is 0 Å². The zero-order valence-electron chi connectivity index (χ0n) is 16.2. The molecule has 2 atom stereocenters. The third kappa shape index (κ3) is 4.01. The highest BCUT2D eigenvalue weighted by atomic mass is 16.5. The lowest BCUT2D eigenvalue weighted by Crippen LogP contribution is -2.53. The highest BCUT2D eigenvalue weighted by molar-refractivity contribution is 5.90. The molecule has 24 heavy (non-hydrogen) atoms. The number of carbonyl (C=O) groups excluding carboxylic acids is 2. The van der Waals surface area contributed by atoms with Crippen molar-refractivity contribution in [2.24, 2.45) is 22.7 Å². The van der Waals surface area contributed by atoms with Crippen molar-refractivity contribution in [3.05, 3.63) is 12.2 Å². The van der Waals surface area contributed by atoms with Crippen molar-refractivity contribution in [1.82, 2.24) is 0 Å². The van der Waals surface area contributed by atoms with Crippen molar-refractivity contribution in [3.63, 3.8) is 0 Å². The quantitative estimate of drug-likeness (QED) is 0.482. The molecule has 138 valence electrons. The molecule has 1 aliphatic carbocycles. The van der Waals surface area contributed by atoms with Gasteiger partial charge in [0.15, 0.2) is 0 Å². The van der Waals surface area contributed by atoms with Gasteiger partial charge in [-0.25, -0.2) is 0 Å². The fourth-order valence-corrected chi connectivity index (χ4v) is 3.53. The second kappa shape index (κ2) is 8.68. The van der Waals surface area contributed by atoms with Crippen LogP contribution in [0.4, 0.5) is 0 Å². The first-order valence-corrected chi connectivity index (χ1v) is 9.27. The van der Waals surface area contributed by atoms with Crippen LogP contribution < -0.4 is 0 Å². The molecule has 0 aromatic carbocycles. The minimum Gasteiger partial charge on any atom is -0.465 e. The lowest BCUT2D eigenvalue weighted by Gasteiger charge is -2.46. The Balaban J connectivity index is 3.20. The van der Waals surface area contributed by atoms with Crippen LogP contribution in [0.15, 0.2) is 12.2 Å². The van der Waals surface area contributed by atoms with E-state index >= 15 is 0 Å². The van der Waals surface area contributed by atoms with E-state index in [2.05, 4.69) is 0 Å². The minimum atomic E-state index is -0.928. The van der Waals surface area contributed by atoms with E-state index < -0.39 is 10.8 Å². The molecule has 0 aliphatic heterocycles. The van der Waals surface area contributed by atoms with Crippen molar-refractivity contribution in [2.45, 2.75) is 67.2 Å². The van der Waals surface area contributed by atoms with Crippen molar-refractivity contribution in [3.8, 4) is 0 Å². The molecule has 0 spiro atoms. The Morgan fingerprint density at radius 1 is 0.958 bits per heavy atom. The van der Waals surface area contributed by atoms with E-state index in [0.717, 1.165) is 6.42 Å². The topological polar surface area (TPSA) is 52.6 Å². The molecule has 0 radical (unpaired) electrons. The van der Waals surface area contributed by atoms with Gasteiger partial charge in [-0.3, -0.25) is 9.59 Å². The second-order valence-electron chi connectivity index (χ2n) is 7.69. The first-order chi connectivity index (χ1) is 11.3. The van der Waals surface area contributed by atoms with E-state index in [4.69, 9.17) is 9.47 Å². The summed E-state index contributed by atoms with van der Waals surface area (Å²) in [4.78, 5) is 26.0. The van der Waals surface area contributed by atoms with Crippen LogP contribution >= 0.6 is 0 Å². The summed E-state index contributed by atoms with van der Waals surface area (Å²) in [5.41, 5.74) is -1.76. The van der Waals surface area contributed by atoms with Crippen LogP contribution in [0.25, 0.3) is 0 Å². The predicted molar refractivity (Wildman–Crippen MR) is 95.4 cm³/mol. The Morgan fingerprint density at radius 2 is 1.50 bits per heavy atom. The van der Waals surface area contributed by atoms with Crippen LogP contribution in [0.2, 0.25) is 0 Å². The second-order valence-corrected chi connectivity index (χ2v) is 7.69. The first-order valence-electron chi connectivity index (χ1n) is 9.27. The van der Waals surface area contributed by atoms with Gasteiger partial charge >= 0.3 is 11.9 Å². The number of carbonyl (C=O) groups is 2. The van der Waals surface area contributed by atoms with Crippen LogP contribution in [0, 0.1) is 22.7 Å². The largest absolute Gasteiger partial charge is 0.465 e. The summed E-state index contributed by atoms with van der Waals surface area (Å²) in [7, 11) is 0. The van der Waals surface area contributed by atoms with Crippen LogP contribution in [-0.2, 0) is 19.1 Å². The van der Waals surface area contributed by atoms with E-state index in [-0.39, 0.29) is 23.8 Å². The molecule has 0 amide bonds. The summed E-state index contributed by atoms with van der Waals surface area (Å²) in [5.74, 6) is -0.0188. The number of hydrogen-bond acceptors (Lipinski definition) is 4. The first kappa shape index (κ1) is 20.7. The summed E-state index contributed by atoms with van der Waals surface area (Å²) in [6.45, 7) is 12.7. The molecular formula is C20H34O4. The molecule has 1 aliphatic rings. The van der Waals surface area contributed by atoms with Gasteiger partial charge in [0, 0.05) is 0 Å². The molecule has 0 aromatic heterocycles. The molecule has 0 saturated carbocycles. The van der Waals surface area contributed by atoms with E-state index in [0.29, 0.717) is 32.5 Å². The van der Waals surface area contributed by atoms with Gasteiger partial charge in [-0.15, -0.1) is 0 Å². The Hall–Kier alpha value is -1.32. The molecule has 0 N–H and O–H groups in total. The fourth-order valence-electron chi connectivity index (χ4n) is 3.53. The Morgan fingerprint density at radius 3 is 1.96 bits per heavy atom. The van der Waals surface area contributed by atoms with E-state index in [1.54, 1.807) is 0 Å². The molecule has 0 fully saturated rings. The molecule has 4 nitrogen and oxygen atoms in total. The van der Waals surface area contributed by atoms with Gasteiger partial charge in [0.25, 0.3) is 0 Å². The van der Waals surface area contributed by atoms with Gasteiger partial charge in [0.05, 0.1) is 18.6 Å². The predicted octanol–water partition coefficient (Wildman–Crippen LogP) is 4.53. The van der Waals surface area contributed by atoms with Crippen LogP contribution in [-0.4, -0.2) is 25.2 Å². The summed E-state index contributed by atoms with van der Waals surface area (Å²) in [6, 6.07) is 0. The van der Waals surface area contributed by atoms with E-state index in [1.807, 2.05) is 53.7 Å². The molecule has 0 bridgehead atoms. The Kier molecular flexibility index (Phi) is 7.50. The molecule has 0 saturated heterocycles.